The number of hydrogen-bond donors (Lipinski definition) is 2. The Kier molecular flexibility index (Phi) is 3.99. The number of aryl methyl sites for hydroxylation is 2. The molecule has 0 radical (unpaired) electrons. The third-order valence-corrected chi connectivity index (χ3v) is 4.06. The van der Waals surface area contributed by atoms with Crippen LogP contribution in [0.2, 0.25) is 0 Å². The van der Waals surface area contributed by atoms with E-state index in [1.807, 2.05) is 6.92 Å². The van der Waals surface area contributed by atoms with Crippen molar-refractivity contribution < 1.29 is 14.3 Å². The van der Waals surface area contributed by atoms with Gasteiger partial charge in [0.15, 0.2) is 0 Å². The lowest BCUT2D eigenvalue weighted by molar-refractivity contribution is 0.0696. The Bertz CT molecular complexity index is 466. The molecule has 0 saturated heterocycles. The van der Waals surface area contributed by atoms with E-state index in [1.54, 1.807) is 13.0 Å². The van der Waals surface area contributed by atoms with Crippen molar-refractivity contribution in [3.8, 4) is 0 Å². The summed E-state index contributed by atoms with van der Waals surface area (Å²) in [6.07, 6.45) is 3.90. The standard InChI is InChI=1S/C15H23NO3/c1-10-5-4-6-15(8-10,9-17)16-14(18)13-7-11(2)19-12(13)3/h7,10,17H,4-6,8-9H2,1-3H3,(H,16,18). The predicted molar refractivity (Wildman–Crippen MR) is 73.1 cm³/mol. The van der Waals surface area contributed by atoms with Crippen LogP contribution >= 0.6 is 0 Å². The summed E-state index contributed by atoms with van der Waals surface area (Å²) in [4.78, 5) is 12.3. The third kappa shape index (κ3) is 3.00. The second kappa shape index (κ2) is 5.37. The Balaban J connectivity index is 2.14. The summed E-state index contributed by atoms with van der Waals surface area (Å²) >= 11 is 0. The molecule has 19 heavy (non-hydrogen) atoms. The monoisotopic (exact) mass is 265 g/mol. The van der Waals surface area contributed by atoms with E-state index in [-0.39, 0.29) is 12.5 Å². The molecule has 0 aliphatic heterocycles. The lowest BCUT2D eigenvalue weighted by atomic mass is 9.76. The molecular formula is C15H23NO3. The van der Waals surface area contributed by atoms with E-state index < -0.39 is 5.54 Å². The van der Waals surface area contributed by atoms with Crippen LogP contribution < -0.4 is 5.32 Å². The zero-order valence-electron chi connectivity index (χ0n) is 12.0. The Morgan fingerprint density at radius 2 is 2.32 bits per heavy atom. The summed E-state index contributed by atoms with van der Waals surface area (Å²) in [5, 5.41) is 12.7. The van der Waals surface area contributed by atoms with Crippen molar-refractivity contribution in [2.45, 2.75) is 52.0 Å². The summed E-state index contributed by atoms with van der Waals surface area (Å²) in [6.45, 7) is 5.78. The van der Waals surface area contributed by atoms with Gasteiger partial charge < -0.3 is 14.8 Å². The topological polar surface area (TPSA) is 62.5 Å². The van der Waals surface area contributed by atoms with Crippen LogP contribution in [-0.2, 0) is 0 Å². The summed E-state index contributed by atoms with van der Waals surface area (Å²) in [6, 6.07) is 1.75. The van der Waals surface area contributed by atoms with Gasteiger partial charge >= 0.3 is 0 Å². The number of carbonyl (C=O) groups is 1. The fraction of sp³-hybridized carbons (Fsp3) is 0.667. The van der Waals surface area contributed by atoms with Crippen LogP contribution in [0.25, 0.3) is 0 Å². The van der Waals surface area contributed by atoms with Crippen molar-refractivity contribution >= 4 is 5.91 Å². The molecule has 2 unspecified atom stereocenters. The van der Waals surface area contributed by atoms with Gasteiger partial charge in [0.1, 0.15) is 11.5 Å². The van der Waals surface area contributed by atoms with Crippen molar-refractivity contribution in [3.05, 3.63) is 23.2 Å². The van der Waals surface area contributed by atoms with Crippen LogP contribution in [0, 0.1) is 19.8 Å². The zero-order valence-corrected chi connectivity index (χ0v) is 12.0. The van der Waals surface area contributed by atoms with Crippen molar-refractivity contribution in [3.63, 3.8) is 0 Å². The number of aliphatic hydroxyl groups excluding tert-OH is 1. The first-order valence-corrected chi connectivity index (χ1v) is 6.96. The maximum Gasteiger partial charge on any atom is 0.255 e. The molecule has 1 amide bonds. The smallest absolute Gasteiger partial charge is 0.255 e. The molecule has 2 atom stereocenters. The number of nitrogens with one attached hydrogen (secondary N) is 1. The molecule has 4 heteroatoms. The van der Waals surface area contributed by atoms with Gasteiger partial charge in [-0.1, -0.05) is 19.8 Å². The molecule has 1 aliphatic rings. The Labute approximate surface area is 114 Å². The van der Waals surface area contributed by atoms with E-state index in [0.29, 0.717) is 17.2 Å². The Morgan fingerprint density at radius 1 is 1.58 bits per heavy atom. The number of rotatable bonds is 3. The Morgan fingerprint density at radius 3 is 2.84 bits per heavy atom. The SMILES string of the molecule is Cc1cc(C(=O)NC2(CO)CCCC(C)C2)c(C)o1. The minimum Gasteiger partial charge on any atom is -0.466 e. The van der Waals surface area contributed by atoms with Crippen molar-refractivity contribution in [1.29, 1.82) is 0 Å². The van der Waals surface area contributed by atoms with Gasteiger partial charge in [0.25, 0.3) is 5.91 Å². The number of furan rings is 1. The lowest BCUT2D eigenvalue weighted by Crippen LogP contribution is -2.53. The molecule has 2 rings (SSSR count). The van der Waals surface area contributed by atoms with Gasteiger partial charge in [-0.25, -0.2) is 0 Å². The second-order valence-electron chi connectivity index (χ2n) is 5.92. The van der Waals surface area contributed by atoms with Crippen molar-refractivity contribution in [1.82, 2.24) is 5.32 Å². The molecular weight excluding hydrogens is 242 g/mol. The molecule has 1 saturated carbocycles. The van der Waals surface area contributed by atoms with Gasteiger partial charge in [-0.2, -0.15) is 0 Å². The molecule has 0 bridgehead atoms. The summed E-state index contributed by atoms with van der Waals surface area (Å²) in [5.74, 6) is 1.76. The van der Waals surface area contributed by atoms with Crippen LogP contribution in [0.3, 0.4) is 0 Å². The molecule has 106 valence electrons. The fourth-order valence-corrected chi connectivity index (χ4v) is 3.12. The van der Waals surface area contributed by atoms with E-state index in [9.17, 15) is 9.90 Å². The van der Waals surface area contributed by atoms with Gasteiger partial charge in [0.05, 0.1) is 17.7 Å². The fourth-order valence-electron chi connectivity index (χ4n) is 3.12. The molecule has 1 aromatic rings. The van der Waals surface area contributed by atoms with E-state index in [2.05, 4.69) is 12.2 Å². The number of carbonyl (C=O) groups excluding carboxylic acids is 1. The average molecular weight is 265 g/mol. The van der Waals surface area contributed by atoms with Crippen LogP contribution in [0.1, 0.15) is 54.5 Å². The van der Waals surface area contributed by atoms with E-state index in [4.69, 9.17) is 4.42 Å². The van der Waals surface area contributed by atoms with Crippen LogP contribution in [-0.4, -0.2) is 23.2 Å². The average Bonchev–Trinajstić information content (AvgIpc) is 2.68. The summed E-state index contributed by atoms with van der Waals surface area (Å²) in [7, 11) is 0. The van der Waals surface area contributed by atoms with Crippen LogP contribution in [0.5, 0.6) is 0 Å². The van der Waals surface area contributed by atoms with Crippen molar-refractivity contribution in [2.24, 2.45) is 5.92 Å². The van der Waals surface area contributed by atoms with Crippen LogP contribution in [0.4, 0.5) is 0 Å². The first-order chi connectivity index (χ1) is 8.96. The van der Waals surface area contributed by atoms with Crippen LogP contribution in [0.15, 0.2) is 10.5 Å². The quantitative estimate of drug-likeness (QED) is 0.883. The minimum atomic E-state index is -0.466. The predicted octanol–water partition coefficient (Wildman–Crippen LogP) is 2.57. The summed E-state index contributed by atoms with van der Waals surface area (Å²) in [5.41, 5.74) is 0.107. The highest BCUT2D eigenvalue weighted by atomic mass is 16.3. The molecule has 2 N–H and O–H groups in total. The number of aliphatic hydroxyl groups is 1. The first-order valence-electron chi connectivity index (χ1n) is 6.96. The molecule has 0 aromatic carbocycles. The lowest BCUT2D eigenvalue weighted by Gasteiger charge is -2.39. The Hall–Kier alpha value is -1.29. The molecule has 4 nitrogen and oxygen atoms in total. The normalized spacial score (nSPS) is 27.3. The third-order valence-electron chi connectivity index (χ3n) is 4.06. The minimum absolute atomic E-state index is 0.00103. The van der Waals surface area contributed by atoms with Gasteiger partial charge in [-0.05, 0) is 38.7 Å². The zero-order chi connectivity index (χ0) is 14.0. The highest BCUT2D eigenvalue weighted by Gasteiger charge is 2.36. The highest BCUT2D eigenvalue weighted by molar-refractivity contribution is 5.95. The van der Waals surface area contributed by atoms with Gasteiger partial charge in [-0.15, -0.1) is 0 Å². The van der Waals surface area contributed by atoms with Gasteiger partial charge in [0.2, 0.25) is 0 Å². The number of amides is 1. The van der Waals surface area contributed by atoms with E-state index in [0.717, 1.165) is 25.0 Å². The molecule has 1 aliphatic carbocycles. The maximum atomic E-state index is 12.3. The molecule has 0 spiro atoms. The van der Waals surface area contributed by atoms with Gasteiger partial charge in [-0.3, -0.25) is 4.79 Å². The molecule has 1 aromatic heterocycles. The summed E-state index contributed by atoms with van der Waals surface area (Å²) < 4.78 is 5.39. The molecule has 1 heterocycles. The second-order valence-corrected chi connectivity index (χ2v) is 5.92. The highest BCUT2D eigenvalue weighted by Crippen LogP contribution is 2.32. The van der Waals surface area contributed by atoms with E-state index in [1.165, 1.54) is 6.42 Å². The van der Waals surface area contributed by atoms with E-state index >= 15 is 0 Å². The molecule has 1 fully saturated rings. The van der Waals surface area contributed by atoms with Gasteiger partial charge in [0, 0.05) is 0 Å². The van der Waals surface area contributed by atoms with Crippen molar-refractivity contribution in [2.75, 3.05) is 6.61 Å². The maximum absolute atomic E-state index is 12.3. The first kappa shape index (κ1) is 14.1. The number of hydrogen-bond acceptors (Lipinski definition) is 3. The largest absolute Gasteiger partial charge is 0.466 e.